The number of benzene rings is 1. The van der Waals surface area contributed by atoms with E-state index in [4.69, 9.17) is 12.2 Å². The summed E-state index contributed by atoms with van der Waals surface area (Å²) in [5, 5.41) is 0. The second-order valence-corrected chi connectivity index (χ2v) is 4.68. The van der Waals surface area contributed by atoms with E-state index in [1.807, 2.05) is 37.4 Å². The highest BCUT2D eigenvalue weighted by Crippen LogP contribution is 2.21. The Morgan fingerprint density at radius 3 is 2.50 bits per heavy atom. The number of halogens is 1. The third-order valence-corrected chi connectivity index (χ3v) is 4.29. The normalized spacial score (nSPS) is 21.3. The average Bonchev–Trinajstić information content (AvgIpc) is 2.47. The molecule has 72 valence electrons. The lowest BCUT2D eigenvalue weighted by atomic mass is 10.2. The van der Waals surface area contributed by atoms with E-state index in [-0.39, 0.29) is 4.05 Å². The van der Waals surface area contributed by atoms with Crippen molar-refractivity contribution < 1.29 is 0 Å². The first kappa shape index (κ1) is 10.0. The number of amidine groups is 1. The Hall–Kier alpha value is -0.490. The van der Waals surface area contributed by atoms with E-state index in [0.717, 1.165) is 16.4 Å². The van der Waals surface area contributed by atoms with Gasteiger partial charge in [-0.25, -0.2) is 4.99 Å². The van der Waals surface area contributed by atoms with Crippen molar-refractivity contribution in [2.45, 2.75) is 4.05 Å². The number of nitrogens with zero attached hydrogens (tertiary/aromatic N) is 2. The first-order valence-electron chi connectivity index (χ1n) is 4.25. The number of hydrogen-bond acceptors (Lipinski definition) is 2. The topological polar surface area (TPSA) is 15.6 Å². The lowest BCUT2D eigenvalue weighted by Gasteiger charge is -2.17. The molecule has 2 nitrogen and oxygen atoms in total. The van der Waals surface area contributed by atoms with E-state index in [1.54, 1.807) is 0 Å². The minimum atomic E-state index is 0.206. The molecule has 2 rings (SSSR count). The molecule has 1 aliphatic heterocycles. The van der Waals surface area contributed by atoms with Gasteiger partial charge in [-0.1, -0.05) is 65.1 Å². The summed E-state index contributed by atoms with van der Waals surface area (Å²) in [6.07, 6.45) is 0. The third-order valence-electron chi connectivity index (χ3n) is 2.13. The summed E-state index contributed by atoms with van der Waals surface area (Å²) in [5.41, 5.74) is 1.12. The molecule has 0 radical (unpaired) electrons. The summed E-state index contributed by atoms with van der Waals surface area (Å²) in [6.45, 7) is 0. The van der Waals surface area contributed by atoms with Gasteiger partial charge in [-0.3, -0.25) is 0 Å². The van der Waals surface area contributed by atoms with Crippen LogP contribution in [0, 0.1) is 0 Å². The quantitative estimate of drug-likeness (QED) is 0.342. The van der Waals surface area contributed by atoms with Crippen LogP contribution in [0.1, 0.15) is 5.56 Å². The van der Waals surface area contributed by atoms with Crippen LogP contribution in [-0.2, 0) is 0 Å². The molecule has 4 heteroatoms. The minimum absolute atomic E-state index is 0.206. The van der Waals surface area contributed by atoms with Gasteiger partial charge in [0.2, 0.25) is 0 Å². The molecule has 1 aliphatic rings. The van der Waals surface area contributed by atoms with Crippen molar-refractivity contribution in [3.05, 3.63) is 35.9 Å². The molecule has 0 spiro atoms. The zero-order valence-electron chi connectivity index (χ0n) is 7.64. The molecule has 0 saturated carbocycles. The number of alkyl halides is 1. The molecule has 0 saturated heterocycles. The fraction of sp³-hybridized carbons (Fsp3) is 0.200. The Bertz CT molecular complexity index is 388. The summed E-state index contributed by atoms with van der Waals surface area (Å²) in [4.78, 5) is 7.24. The molecule has 0 N–H and O–H groups in total. The van der Waals surface area contributed by atoms with Crippen LogP contribution in [0.5, 0.6) is 0 Å². The van der Waals surface area contributed by atoms with Crippen molar-refractivity contribution in [2.75, 3.05) is 7.05 Å². The van der Waals surface area contributed by atoms with Crippen molar-refractivity contribution in [3.8, 4) is 0 Å². The molecule has 0 amide bonds. The molecule has 1 atom stereocenters. The smallest absolute Gasteiger partial charge is 0.138 e. The lowest BCUT2D eigenvalue weighted by Crippen LogP contribution is -2.29. The lowest BCUT2D eigenvalue weighted by molar-refractivity contribution is 0.585. The van der Waals surface area contributed by atoms with Gasteiger partial charge in [0.1, 0.15) is 14.9 Å². The molecule has 0 bridgehead atoms. The van der Waals surface area contributed by atoms with Crippen LogP contribution >= 0.6 is 34.8 Å². The monoisotopic (exact) mass is 316 g/mol. The predicted octanol–water partition coefficient (Wildman–Crippen LogP) is 2.47. The van der Waals surface area contributed by atoms with Gasteiger partial charge in [0, 0.05) is 12.6 Å². The fourth-order valence-electron chi connectivity index (χ4n) is 1.36. The number of likely N-dealkylation sites (N-methyl/N-ethyl adjacent to an activating group) is 1. The van der Waals surface area contributed by atoms with E-state index >= 15 is 0 Å². The van der Waals surface area contributed by atoms with Gasteiger partial charge in [-0.15, -0.1) is 0 Å². The van der Waals surface area contributed by atoms with Gasteiger partial charge >= 0.3 is 0 Å². The SMILES string of the molecule is CN1C(c2ccccc2)=NC(=S)C1I. The van der Waals surface area contributed by atoms with Crippen molar-refractivity contribution in [1.29, 1.82) is 0 Å². The van der Waals surface area contributed by atoms with Gasteiger partial charge in [-0.2, -0.15) is 0 Å². The molecule has 0 aliphatic carbocycles. The molecule has 14 heavy (non-hydrogen) atoms. The summed E-state index contributed by atoms with van der Waals surface area (Å²) < 4.78 is 0.206. The number of aliphatic imine (C=N–C) groups is 1. The molecule has 1 aromatic carbocycles. The van der Waals surface area contributed by atoms with Crippen LogP contribution < -0.4 is 0 Å². The zero-order valence-corrected chi connectivity index (χ0v) is 10.6. The standard InChI is InChI=1S/C10H9IN2S/c1-13-8(11)10(14)12-9(13)7-5-3-2-4-6-7/h2-6,8H,1H3. The maximum atomic E-state index is 5.16. The van der Waals surface area contributed by atoms with Crippen LogP contribution in [0.3, 0.4) is 0 Å². The van der Waals surface area contributed by atoms with Gasteiger partial charge in [0.05, 0.1) is 0 Å². The minimum Gasteiger partial charge on any atom is -0.341 e. The highest BCUT2D eigenvalue weighted by Gasteiger charge is 2.27. The molecule has 0 aromatic heterocycles. The second-order valence-electron chi connectivity index (χ2n) is 3.09. The summed E-state index contributed by atoms with van der Waals surface area (Å²) >= 11 is 7.46. The number of hydrogen-bond donors (Lipinski definition) is 0. The van der Waals surface area contributed by atoms with E-state index in [2.05, 4.69) is 32.5 Å². The first-order chi connectivity index (χ1) is 6.70. The maximum absolute atomic E-state index is 5.16. The van der Waals surface area contributed by atoms with Gasteiger partial charge in [0.15, 0.2) is 0 Å². The van der Waals surface area contributed by atoms with Gasteiger partial charge in [0.25, 0.3) is 0 Å². The number of rotatable bonds is 1. The van der Waals surface area contributed by atoms with E-state index in [9.17, 15) is 0 Å². The molecule has 1 unspecified atom stereocenters. The maximum Gasteiger partial charge on any atom is 0.138 e. The van der Waals surface area contributed by atoms with E-state index < -0.39 is 0 Å². The van der Waals surface area contributed by atoms with Gasteiger partial charge in [-0.05, 0) is 0 Å². The van der Waals surface area contributed by atoms with Crippen LogP contribution in [0.4, 0.5) is 0 Å². The van der Waals surface area contributed by atoms with Crippen LogP contribution in [0.25, 0.3) is 0 Å². The van der Waals surface area contributed by atoms with Crippen molar-refractivity contribution in [3.63, 3.8) is 0 Å². The molecule has 1 heterocycles. The predicted molar refractivity (Wildman–Crippen MR) is 71.1 cm³/mol. The zero-order chi connectivity index (χ0) is 10.1. The Balaban J connectivity index is 2.38. The highest BCUT2D eigenvalue weighted by atomic mass is 127. The molecule has 1 aromatic rings. The average molecular weight is 316 g/mol. The van der Waals surface area contributed by atoms with Crippen molar-refractivity contribution >= 4 is 45.6 Å². The number of thiocarbonyl (C=S) groups is 1. The second kappa shape index (κ2) is 3.94. The third kappa shape index (κ3) is 1.68. The van der Waals surface area contributed by atoms with E-state index in [1.165, 1.54) is 0 Å². The Morgan fingerprint density at radius 1 is 1.36 bits per heavy atom. The van der Waals surface area contributed by atoms with Crippen molar-refractivity contribution in [1.82, 2.24) is 4.90 Å². The van der Waals surface area contributed by atoms with Crippen LogP contribution in [-0.4, -0.2) is 26.8 Å². The Kier molecular flexibility index (Phi) is 2.83. The fourth-order valence-corrected chi connectivity index (χ4v) is 2.01. The van der Waals surface area contributed by atoms with E-state index in [0.29, 0.717) is 0 Å². The Morgan fingerprint density at radius 2 is 2.00 bits per heavy atom. The van der Waals surface area contributed by atoms with Crippen molar-refractivity contribution in [2.24, 2.45) is 4.99 Å². The van der Waals surface area contributed by atoms with Crippen LogP contribution in [0.15, 0.2) is 35.3 Å². The molecule has 0 fully saturated rings. The summed E-state index contributed by atoms with van der Waals surface area (Å²) in [7, 11) is 2.02. The first-order valence-corrected chi connectivity index (χ1v) is 5.90. The molecular formula is C10H9IN2S. The summed E-state index contributed by atoms with van der Waals surface area (Å²) in [5.74, 6) is 0.968. The largest absolute Gasteiger partial charge is 0.341 e. The van der Waals surface area contributed by atoms with Gasteiger partial charge < -0.3 is 4.90 Å². The molecular weight excluding hydrogens is 307 g/mol. The summed E-state index contributed by atoms with van der Waals surface area (Å²) in [6, 6.07) is 10.1. The highest BCUT2D eigenvalue weighted by molar-refractivity contribution is 14.1. The van der Waals surface area contributed by atoms with Crippen LogP contribution in [0.2, 0.25) is 0 Å². The Labute approximate surface area is 102 Å².